The number of carbonyl (C=O) groups is 1. The number of benzene rings is 2. The number of hydrogen-bond donors (Lipinski definition) is 4. The molecule has 0 aliphatic heterocycles. The van der Waals surface area contributed by atoms with Crippen LogP contribution in [0.15, 0.2) is 65.2 Å². The second kappa shape index (κ2) is 9.96. The van der Waals surface area contributed by atoms with Gasteiger partial charge in [-0.2, -0.15) is 0 Å². The van der Waals surface area contributed by atoms with E-state index in [1.54, 1.807) is 30.3 Å². The zero-order chi connectivity index (χ0) is 18.9. The van der Waals surface area contributed by atoms with Crippen LogP contribution in [0.1, 0.15) is 24.5 Å². The van der Waals surface area contributed by atoms with Crippen LogP contribution in [0.25, 0.3) is 0 Å². The van der Waals surface area contributed by atoms with E-state index in [0.717, 1.165) is 4.47 Å². The van der Waals surface area contributed by atoms with Gasteiger partial charge in [0.25, 0.3) is 5.91 Å². The largest absolute Gasteiger partial charge is 0.508 e. The van der Waals surface area contributed by atoms with E-state index in [2.05, 4.69) is 15.9 Å². The summed E-state index contributed by atoms with van der Waals surface area (Å²) in [6.07, 6.45) is 1.85. The first-order valence-electron chi connectivity index (χ1n) is 8.00. The number of hydrogen-bond acceptors (Lipinski definition) is 5. The average Bonchev–Trinajstić information content (AvgIpc) is 2.66. The lowest BCUT2D eigenvalue weighted by Gasteiger charge is -2.25. The number of aromatic hydroxyl groups is 1. The smallest absolute Gasteiger partial charge is 0.267 e. The molecule has 0 spiro atoms. The van der Waals surface area contributed by atoms with E-state index in [4.69, 9.17) is 9.94 Å². The molecule has 0 aromatic heterocycles. The van der Waals surface area contributed by atoms with Gasteiger partial charge in [0.1, 0.15) is 23.7 Å². The number of nitrogens with one attached hydrogen (secondary N) is 1. The van der Waals surface area contributed by atoms with E-state index in [-0.39, 0.29) is 5.75 Å². The molecule has 0 fully saturated rings. The molecule has 0 unspecified atom stereocenters. The molecule has 0 saturated carbocycles. The molecule has 0 saturated heterocycles. The third-order valence-corrected chi connectivity index (χ3v) is 4.18. The number of aliphatic hydroxyl groups excluding tert-OH is 1. The number of aliphatic hydroxyl groups is 1. The monoisotopic (exact) mass is 421 g/mol. The molecule has 7 heteroatoms. The minimum atomic E-state index is -1.08. The zero-order valence-corrected chi connectivity index (χ0v) is 15.5. The third-order valence-electron chi connectivity index (χ3n) is 3.69. The van der Waals surface area contributed by atoms with Crippen LogP contribution in [0.4, 0.5) is 0 Å². The molecule has 4 N–H and O–H groups in total. The average molecular weight is 422 g/mol. The van der Waals surface area contributed by atoms with Crippen molar-refractivity contribution >= 4 is 21.8 Å². The van der Waals surface area contributed by atoms with Crippen molar-refractivity contribution in [3.63, 3.8) is 0 Å². The fourth-order valence-electron chi connectivity index (χ4n) is 2.41. The number of hydroxylamine groups is 1. The summed E-state index contributed by atoms with van der Waals surface area (Å²) in [5, 5.41) is 29.3. The van der Waals surface area contributed by atoms with Crippen molar-refractivity contribution in [3.8, 4) is 11.5 Å². The molecule has 0 radical (unpaired) electrons. The lowest BCUT2D eigenvalue weighted by molar-refractivity contribution is -0.124. The Bertz CT molecular complexity index is 751. The number of rotatable bonds is 8. The van der Waals surface area contributed by atoms with Gasteiger partial charge in [0, 0.05) is 16.1 Å². The zero-order valence-electron chi connectivity index (χ0n) is 13.9. The van der Waals surface area contributed by atoms with Gasteiger partial charge in [0.05, 0.1) is 0 Å². The van der Waals surface area contributed by atoms with Gasteiger partial charge in [0.15, 0.2) is 0 Å². The quantitative estimate of drug-likeness (QED) is 0.297. The molecule has 0 aliphatic carbocycles. The van der Waals surface area contributed by atoms with Gasteiger partial charge >= 0.3 is 0 Å². The summed E-state index contributed by atoms with van der Waals surface area (Å²) in [6.45, 7) is 0. The number of para-hydroxylation sites is 1. The fraction of sp³-hybridized carbons (Fsp3) is 0.211. The van der Waals surface area contributed by atoms with Gasteiger partial charge in [-0.1, -0.05) is 40.2 Å². The molecule has 1 amide bonds. The minimum absolute atomic E-state index is 0.0300. The molecule has 0 heterocycles. The highest BCUT2D eigenvalue weighted by molar-refractivity contribution is 9.10. The third kappa shape index (κ3) is 5.87. The Morgan fingerprint density at radius 1 is 1.23 bits per heavy atom. The molecule has 138 valence electrons. The standard InChI is InChI=1S/C19H20BrNO5/c20-13-10-11-16(22)15(12-13)19(24)17(8-4-5-9-18(23)21-25)26-14-6-2-1-3-7-14/h1-3,5-7,9-12,17,19,22,24-25H,4,8H2,(H,21,23)/b9-5+/t17-,19-/m1/s1. The van der Waals surface area contributed by atoms with Crippen molar-refractivity contribution in [1.82, 2.24) is 5.48 Å². The van der Waals surface area contributed by atoms with Crippen LogP contribution in [-0.4, -0.2) is 27.4 Å². The van der Waals surface area contributed by atoms with Crippen LogP contribution in [0, 0.1) is 0 Å². The molecule has 2 aromatic carbocycles. The summed E-state index contributed by atoms with van der Waals surface area (Å²) in [7, 11) is 0. The molecule has 6 nitrogen and oxygen atoms in total. The summed E-state index contributed by atoms with van der Waals surface area (Å²) in [6, 6.07) is 13.8. The van der Waals surface area contributed by atoms with Gasteiger partial charge in [0.2, 0.25) is 0 Å². The Labute approximate surface area is 159 Å². The van der Waals surface area contributed by atoms with Crippen molar-refractivity contribution in [2.24, 2.45) is 0 Å². The first-order chi connectivity index (χ1) is 12.5. The maximum absolute atomic E-state index is 11.0. The van der Waals surface area contributed by atoms with Crippen molar-refractivity contribution in [3.05, 3.63) is 70.7 Å². The Morgan fingerprint density at radius 3 is 2.65 bits per heavy atom. The van der Waals surface area contributed by atoms with Crippen molar-refractivity contribution in [2.75, 3.05) is 0 Å². The summed E-state index contributed by atoms with van der Waals surface area (Å²) in [4.78, 5) is 11.0. The molecule has 0 aliphatic rings. The predicted octanol–water partition coefficient (Wildman–Crippen LogP) is 3.48. The lowest BCUT2D eigenvalue weighted by Crippen LogP contribution is -2.25. The minimum Gasteiger partial charge on any atom is -0.508 e. The normalized spacial score (nSPS) is 13.3. The van der Waals surface area contributed by atoms with Gasteiger partial charge in [-0.25, -0.2) is 5.48 Å². The Morgan fingerprint density at radius 2 is 1.96 bits per heavy atom. The molecule has 26 heavy (non-hydrogen) atoms. The number of phenolic OH excluding ortho intramolecular Hbond substituents is 1. The van der Waals surface area contributed by atoms with Crippen LogP contribution in [0.3, 0.4) is 0 Å². The van der Waals surface area contributed by atoms with E-state index in [1.807, 2.05) is 18.2 Å². The second-order valence-corrected chi connectivity index (χ2v) is 6.49. The van der Waals surface area contributed by atoms with Crippen LogP contribution < -0.4 is 10.2 Å². The first-order valence-corrected chi connectivity index (χ1v) is 8.79. The van der Waals surface area contributed by atoms with Crippen LogP contribution in [0.2, 0.25) is 0 Å². The van der Waals surface area contributed by atoms with Crippen molar-refractivity contribution in [1.29, 1.82) is 0 Å². The van der Waals surface area contributed by atoms with Crippen LogP contribution in [-0.2, 0) is 4.79 Å². The van der Waals surface area contributed by atoms with E-state index < -0.39 is 18.1 Å². The second-order valence-electron chi connectivity index (χ2n) is 5.57. The van der Waals surface area contributed by atoms with E-state index >= 15 is 0 Å². The SMILES string of the molecule is O=C(/C=C/CC[C@@H](Oc1ccccc1)[C@H](O)c1cc(Br)ccc1O)NO. The van der Waals surface area contributed by atoms with Crippen molar-refractivity contribution < 1.29 is 25.0 Å². The molecule has 2 atom stereocenters. The highest BCUT2D eigenvalue weighted by Gasteiger charge is 2.25. The van der Waals surface area contributed by atoms with Gasteiger partial charge in [-0.3, -0.25) is 10.0 Å². The van der Waals surface area contributed by atoms with Gasteiger partial charge < -0.3 is 14.9 Å². The van der Waals surface area contributed by atoms with E-state index in [1.165, 1.54) is 17.6 Å². The maximum Gasteiger partial charge on any atom is 0.267 e. The highest BCUT2D eigenvalue weighted by Crippen LogP contribution is 2.32. The molecule has 0 bridgehead atoms. The highest BCUT2D eigenvalue weighted by atomic mass is 79.9. The topological polar surface area (TPSA) is 99.0 Å². The van der Waals surface area contributed by atoms with Gasteiger partial charge in [-0.05, 0) is 43.2 Å². The number of amides is 1. The lowest BCUT2D eigenvalue weighted by atomic mass is 9.99. The van der Waals surface area contributed by atoms with E-state index in [0.29, 0.717) is 24.2 Å². The summed E-state index contributed by atoms with van der Waals surface area (Å²) in [5.74, 6) is -0.0728. The maximum atomic E-state index is 11.0. The van der Waals surface area contributed by atoms with Crippen LogP contribution in [0.5, 0.6) is 11.5 Å². The molecular weight excluding hydrogens is 402 g/mol. The van der Waals surface area contributed by atoms with Crippen molar-refractivity contribution in [2.45, 2.75) is 25.0 Å². The van der Waals surface area contributed by atoms with E-state index in [9.17, 15) is 15.0 Å². The Kier molecular flexibility index (Phi) is 7.65. The molecular formula is C19H20BrNO5. The molecule has 2 aromatic rings. The number of phenols is 1. The summed E-state index contributed by atoms with van der Waals surface area (Å²) in [5.41, 5.74) is 1.86. The number of carbonyl (C=O) groups excluding carboxylic acids is 1. The Balaban J connectivity index is 2.17. The summed E-state index contributed by atoms with van der Waals surface area (Å²) < 4.78 is 6.62. The number of allylic oxidation sites excluding steroid dienone is 1. The Hall–Kier alpha value is -2.35. The number of ether oxygens (including phenoxy) is 1. The van der Waals surface area contributed by atoms with Crippen LogP contribution >= 0.6 is 15.9 Å². The number of halogens is 1. The van der Waals surface area contributed by atoms with Gasteiger partial charge in [-0.15, -0.1) is 0 Å². The molecule has 2 rings (SSSR count). The predicted molar refractivity (Wildman–Crippen MR) is 99.9 cm³/mol. The fourth-order valence-corrected chi connectivity index (χ4v) is 2.78. The first kappa shape index (κ1) is 20.0. The summed E-state index contributed by atoms with van der Waals surface area (Å²) >= 11 is 3.33.